The number of amides is 2. The number of aromatic nitrogens is 6. The minimum Gasteiger partial charge on any atom is -0.480 e. The molecule has 0 saturated carbocycles. The molecular weight excluding hydrogens is 1050 g/mol. The number of halogens is 4. The number of thiazole rings is 2. The van der Waals surface area contributed by atoms with Gasteiger partial charge in [0.25, 0.3) is 5.56 Å². The Hall–Kier alpha value is -7.49. The Morgan fingerprint density at radius 1 is 0.722 bits per heavy atom. The number of carbonyl (C=O) groups excluding carboxylic acids is 2. The molecule has 0 aromatic carbocycles. The van der Waals surface area contributed by atoms with Crippen molar-refractivity contribution in [2.45, 2.75) is 59.0 Å². The van der Waals surface area contributed by atoms with Crippen molar-refractivity contribution in [3.8, 4) is 22.8 Å². The Kier molecular flexibility index (Phi) is 25.5. The molecule has 6 aromatic rings. The fourth-order valence-corrected chi connectivity index (χ4v) is 6.09. The summed E-state index contributed by atoms with van der Waals surface area (Å²) in [5.74, 6) is -0.946. The maximum Gasteiger partial charge on any atom is 0.412 e. The van der Waals surface area contributed by atoms with E-state index in [4.69, 9.17) is 45.6 Å². The van der Waals surface area contributed by atoms with Crippen LogP contribution in [0.15, 0.2) is 117 Å². The van der Waals surface area contributed by atoms with Crippen LogP contribution < -0.4 is 52.9 Å². The van der Waals surface area contributed by atoms with Gasteiger partial charge >= 0.3 is 12.2 Å². The second kappa shape index (κ2) is 30.3. The molecule has 21 nitrogen and oxygen atoms in total. The first kappa shape index (κ1) is 60.6. The van der Waals surface area contributed by atoms with Gasteiger partial charge < -0.3 is 50.9 Å². The van der Waals surface area contributed by atoms with E-state index in [0.29, 0.717) is 28.3 Å². The Labute approximate surface area is 429 Å². The van der Waals surface area contributed by atoms with Crippen molar-refractivity contribution in [3.05, 3.63) is 134 Å². The van der Waals surface area contributed by atoms with Gasteiger partial charge in [-0.05, 0) is 99.9 Å². The highest BCUT2D eigenvalue weighted by Gasteiger charge is 2.21. The summed E-state index contributed by atoms with van der Waals surface area (Å²) in [7, 11) is 5.82. The summed E-state index contributed by atoms with van der Waals surface area (Å²) in [5.41, 5.74) is 14.9. The lowest BCUT2D eigenvalue weighted by Gasteiger charge is -2.20. The van der Waals surface area contributed by atoms with Crippen molar-refractivity contribution in [2.75, 3.05) is 50.5 Å². The monoisotopic (exact) mass is 1110 g/mol. The molecule has 7 heterocycles. The number of methoxy groups -OCH3 is 4. The fraction of sp³-hybridized carbons (Fsp3) is 0.289. The summed E-state index contributed by atoms with van der Waals surface area (Å²) in [5, 5.41) is 11.7. The number of nitrogens with two attached hydrogens (primary N) is 3. The number of carbonyl (C=O) groups is 2. The summed E-state index contributed by atoms with van der Waals surface area (Å²) in [4.78, 5) is 53.7. The molecule has 1 unspecified atom stereocenters. The molecule has 390 valence electrons. The standard InChI is InChI=1S/C11H15FN2O3.C11H16N2O3.C8H6FN3OS.C6H9FN2O.C6H8N2O.C3H2BrNS/c1-11(2,3)17-10(15)14-8-7(12)5-6-13-9(8)16-4;1-11(2,3)16-10(14)13-8-6-5-7-12-9(8)15-4;9-5-1-3-12(7(13)6(5)10)8-11-2-4-14-8;1-10-6-5(8)4(7)2-3-9-6;1-9-6-5(7)3-2-4-8-6;4-3-5-1-2-6-3/h5-6H,1-4H3,(H,14,15);5-7H,1-4H3,(H,13,14);1-4H,10H2;2-3,6,9H,8H2,1H3;2-4H,7H2,1H3;1-2H. The first-order chi connectivity index (χ1) is 33.9. The Bertz CT molecular complexity index is 2720. The van der Waals surface area contributed by atoms with E-state index in [0.717, 1.165) is 16.0 Å². The van der Waals surface area contributed by atoms with E-state index in [1.165, 1.54) is 61.9 Å². The molecule has 1 aliphatic heterocycles. The van der Waals surface area contributed by atoms with Crippen molar-refractivity contribution in [1.29, 1.82) is 0 Å². The van der Waals surface area contributed by atoms with Crippen LogP contribution in [0.25, 0.3) is 5.13 Å². The molecule has 9 N–H and O–H groups in total. The number of hydrogen-bond acceptors (Lipinski definition) is 20. The van der Waals surface area contributed by atoms with Crippen molar-refractivity contribution in [3.63, 3.8) is 0 Å². The number of allylic oxidation sites excluding steroid dienone is 2. The van der Waals surface area contributed by atoms with E-state index in [1.54, 1.807) is 114 Å². The number of dihydropyridines is 1. The normalized spacial score (nSPS) is 12.3. The van der Waals surface area contributed by atoms with E-state index in [1.807, 2.05) is 5.38 Å². The first-order valence-corrected chi connectivity index (χ1v) is 23.1. The molecule has 0 fully saturated rings. The quantitative estimate of drug-likeness (QED) is 0.0870. The molecule has 7 rings (SSSR count). The van der Waals surface area contributed by atoms with Crippen LogP contribution in [0, 0.1) is 11.6 Å². The zero-order valence-electron chi connectivity index (χ0n) is 40.7. The van der Waals surface area contributed by atoms with Gasteiger partial charge in [-0.25, -0.2) is 47.7 Å². The van der Waals surface area contributed by atoms with Crippen molar-refractivity contribution in [2.24, 2.45) is 5.73 Å². The van der Waals surface area contributed by atoms with Crippen LogP contribution in [0.3, 0.4) is 0 Å². The van der Waals surface area contributed by atoms with Crippen LogP contribution >= 0.6 is 38.6 Å². The molecule has 0 saturated heterocycles. The van der Waals surface area contributed by atoms with E-state index < -0.39 is 52.6 Å². The highest BCUT2D eigenvalue weighted by atomic mass is 79.9. The second-order valence-electron chi connectivity index (χ2n) is 15.4. The molecule has 1 aliphatic rings. The summed E-state index contributed by atoms with van der Waals surface area (Å²) in [6.45, 7) is 10.5. The van der Waals surface area contributed by atoms with E-state index in [9.17, 15) is 27.6 Å². The third-order valence-corrected chi connectivity index (χ3v) is 9.75. The molecule has 0 spiro atoms. The molecule has 0 aliphatic carbocycles. The number of nitrogens with zero attached hydrogens (tertiary/aromatic N) is 6. The predicted molar refractivity (Wildman–Crippen MR) is 274 cm³/mol. The number of pyridine rings is 4. The van der Waals surface area contributed by atoms with Gasteiger partial charge in [0.2, 0.25) is 17.6 Å². The molecule has 6 aromatic heterocycles. The van der Waals surface area contributed by atoms with E-state index >= 15 is 0 Å². The highest BCUT2D eigenvalue weighted by molar-refractivity contribution is 9.11. The molecular formula is C45H56BrF3N12O9S2. The zero-order chi connectivity index (χ0) is 54.0. The van der Waals surface area contributed by atoms with Gasteiger partial charge in [-0.2, -0.15) is 0 Å². The van der Waals surface area contributed by atoms with E-state index in [2.05, 4.69) is 56.8 Å². The largest absolute Gasteiger partial charge is 0.480 e. The maximum atomic E-state index is 13.4. The SMILES string of the molecule is Brc1nccs1.COC1NC=CC(F)=C1N.COc1nccc(F)c1NC(=O)OC(C)(C)C.COc1ncccc1N.COc1ncccc1NC(=O)OC(C)(C)C.Nc1c(F)ccn(-c2nccs2)c1=O. The third-order valence-electron chi connectivity index (χ3n) is 7.65. The average molecular weight is 1110 g/mol. The minimum atomic E-state index is -0.761. The maximum absolute atomic E-state index is 13.4. The minimum absolute atomic E-state index is 0.00383. The molecule has 0 radical (unpaired) electrons. The smallest absolute Gasteiger partial charge is 0.412 e. The Morgan fingerprint density at radius 3 is 1.78 bits per heavy atom. The summed E-state index contributed by atoms with van der Waals surface area (Å²) >= 11 is 6.05. The van der Waals surface area contributed by atoms with Gasteiger partial charge in [0, 0.05) is 61.3 Å². The van der Waals surface area contributed by atoms with Crippen molar-refractivity contribution < 1.29 is 51.2 Å². The number of ether oxygens (including phenoxy) is 6. The predicted octanol–water partition coefficient (Wildman–Crippen LogP) is 8.82. The number of rotatable bonds is 7. The van der Waals surface area contributed by atoms with Gasteiger partial charge in [0.1, 0.15) is 34.1 Å². The number of nitrogen functional groups attached to an aromatic ring is 2. The van der Waals surface area contributed by atoms with Gasteiger partial charge in [0.15, 0.2) is 26.9 Å². The second-order valence-corrected chi connectivity index (χ2v) is 18.4. The topological polar surface area (TPSA) is 290 Å². The van der Waals surface area contributed by atoms with Crippen LogP contribution in [0.4, 0.5) is 45.5 Å². The molecule has 1 atom stereocenters. The van der Waals surface area contributed by atoms with Gasteiger partial charge in [0.05, 0.1) is 32.7 Å². The van der Waals surface area contributed by atoms with Crippen LogP contribution in [-0.4, -0.2) is 87.5 Å². The Morgan fingerprint density at radius 2 is 1.29 bits per heavy atom. The highest BCUT2D eigenvalue weighted by Crippen LogP contribution is 2.25. The Balaban J connectivity index is 0.000000304. The average Bonchev–Trinajstić information content (AvgIpc) is 4.05. The summed E-state index contributed by atoms with van der Waals surface area (Å²) in [6.07, 6.45) is 9.99. The van der Waals surface area contributed by atoms with Crippen LogP contribution in [0.2, 0.25) is 0 Å². The lowest BCUT2D eigenvalue weighted by atomic mass is 10.2. The van der Waals surface area contributed by atoms with Crippen molar-refractivity contribution >= 4 is 73.5 Å². The molecule has 2 amide bonds. The van der Waals surface area contributed by atoms with Crippen LogP contribution in [-0.2, 0) is 14.2 Å². The summed E-state index contributed by atoms with van der Waals surface area (Å²) in [6, 6.07) is 9.15. The number of nitrogens with one attached hydrogen (secondary N) is 3. The van der Waals surface area contributed by atoms with Crippen LogP contribution in [0.1, 0.15) is 41.5 Å². The lowest BCUT2D eigenvalue weighted by Crippen LogP contribution is -2.34. The lowest BCUT2D eigenvalue weighted by molar-refractivity contribution is 0.0623. The number of anilines is 4. The summed E-state index contributed by atoms with van der Waals surface area (Å²) < 4.78 is 70.5. The fourth-order valence-electron chi connectivity index (χ4n) is 4.67. The zero-order valence-corrected chi connectivity index (χ0v) is 44.0. The van der Waals surface area contributed by atoms with E-state index in [-0.39, 0.29) is 23.0 Å². The number of hydrogen-bond donors (Lipinski definition) is 6. The van der Waals surface area contributed by atoms with Gasteiger partial charge in [-0.3, -0.25) is 20.0 Å². The first-order valence-electron chi connectivity index (χ1n) is 20.6. The third kappa shape index (κ3) is 22.1. The van der Waals surface area contributed by atoms with Gasteiger partial charge in [-0.1, -0.05) is 0 Å². The van der Waals surface area contributed by atoms with Gasteiger partial charge in [-0.15, -0.1) is 22.7 Å². The molecule has 0 bridgehead atoms. The van der Waals surface area contributed by atoms with Crippen molar-refractivity contribution in [1.82, 2.24) is 34.8 Å². The van der Waals surface area contributed by atoms with Crippen LogP contribution in [0.5, 0.6) is 17.6 Å². The molecule has 27 heteroatoms. The molecule has 72 heavy (non-hydrogen) atoms.